The summed E-state index contributed by atoms with van der Waals surface area (Å²) in [5.74, 6) is 1.14. The van der Waals surface area contributed by atoms with E-state index in [2.05, 4.69) is 23.4 Å². The minimum atomic E-state index is -0.355. The summed E-state index contributed by atoms with van der Waals surface area (Å²) in [5.41, 5.74) is 3.25. The number of benzene rings is 1. The van der Waals surface area contributed by atoms with Crippen LogP contribution in [0.4, 0.5) is 0 Å². The largest absolute Gasteiger partial charge is 0.332 e. The average Bonchev–Trinajstić information content (AvgIpc) is 3.13. The van der Waals surface area contributed by atoms with Gasteiger partial charge in [-0.25, -0.2) is 4.79 Å². The van der Waals surface area contributed by atoms with Gasteiger partial charge in [0.25, 0.3) is 5.56 Å². The number of aryl methyl sites for hydroxylation is 3. The summed E-state index contributed by atoms with van der Waals surface area (Å²) in [6.07, 6.45) is 1.93. The van der Waals surface area contributed by atoms with Gasteiger partial charge in [0.15, 0.2) is 11.2 Å². The predicted molar refractivity (Wildman–Crippen MR) is 110 cm³/mol. The van der Waals surface area contributed by atoms with Gasteiger partial charge in [-0.15, -0.1) is 0 Å². The minimum Gasteiger partial charge on any atom is -0.314 e. The average molecular weight is 379 g/mol. The molecule has 0 fully saturated rings. The van der Waals surface area contributed by atoms with Crippen molar-refractivity contribution in [3.63, 3.8) is 0 Å². The quantitative estimate of drug-likeness (QED) is 0.547. The Balaban J connectivity index is 1.99. The molecule has 0 amide bonds. The van der Waals surface area contributed by atoms with E-state index in [0.717, 1.165) is 23.4 Å². The number of nitrogens with zero attached hydrogens (tertiary/aromatic N) is 5. The molecule has 0 aliphatic carbocycles. The van der Waals surface area contributed by atoms with Crippen molar-refractivity contribution in [3.05, 3.63) is 68.1 Å². The molecule has 3 aromatic heterocycles. The molecule has 4 aromatic rings. The second-order valence-corrected chi connectivity index (χ2v) is 7.95. The molecule has 0 N–H and O–H groups in total. The van der Waals surface area contributed by atoms with Crippen molar-refractivity contribution in [2.75, 3.05) is 0 Å². The molecule has 1 aromatic carbocycles. The molecule has 0 atom stereocenters. The van der Waals surface area contributed by atoms with E-state index >= 15 is 0 Å². The van der Waals surface area contributed by atoms with Crippen molar-refractivity contribution in [2.24, 2.45) is 13.0 Å². The van der Waals surface area contributed by atoms with Crippen LogP contribution in [0.1, 0.15) is 30.7 Å². The Morgan fingerprint density at radius 3 is 2.54 bits per heavy atom. The topological polar surface area (TPSA) is 66.2 Å². The summed E-state index contributed by atoms with van der Waals surface area (Å²) in [6, 6.07) is 7.85. The summed E-state index contributed by atoms with van der Waals surface area (Å²) in [5, 5.41) is 0. The third kappa shape index (κ3) is 2.78. The van der Waals surface area contributed by atoms with Gasteiger partial charge >= 0.3 is 5.69 Å². The van der Waals surface area contributed by atoms with Gasteiger partial charge in [0.1, 0.15) is 0 Å². The minimum absolute atomic E-state index is 0.238. The Bertz CT molecular complexity index is 1320. The molecule has 7 nitrogen and oxygen atoms in total. The van der Waals surface area contributed by atoms with E-state index in [9.17, 15) is 9.59 Å². The van der Waals surface area contributed by atoms with Gasteiger partial charge in [0.05, 0.1) is 6.54 Å². The van der Waals surface area contributed by atoms with E-state index in [1.165, 1.54) is 9.13 Å². The third-order valence-corrected chi connectivity index (χ3v) is 5.11. The Kier molecular flexibility index (Phi) is 4.25. The molecule has 3 heterocycles. The Hall–Kier alpha value is -3.09. The molecule has 28 heavy (non-hydrogen) atoms. The number of imidazole rings is 2. The van der Waals surface area contributed by atoms with Crippen molar-refractivity contribution >= 4 is 16.9 Å². The maximum atomic E-state index is 13.3. The van der Waals surface area contributed by atoms with Crippen molar-refractivity contribution in [3.8, 4) is 0 Å². The van der Waals surface area contributed by atoms with E-state index in [1.54, 1.807) is 7.05 Å². The molecule has 7 heteroatoms. The highest BCUT2D eigenvalue weighted by atomic mass is 16.2. The van der Waals surface area contributed by atoms with Crippen molar-refractivity contribution in [1.82, 2.24) is 23.1 Å². The molecule has 4 rings (SSSR count). The fourth-order valence-electron chi connectivity index (χ4n) is 3.78. The van der Waals surface area contributed by atoms with Crippen LogP contribution in [0.3, 0.4) is 0 Å². The molecule has 0 saturated heterocycles. The zero-order chi connectivity index (χ0) is 20.2. The van der Waals surface area contributed by atoms with E-state index < -0.39 is 0 Å². The van der Waals surface area contributed by atoms with E-state index in [-0.39, 0.29) is 17.8 Å². The maximum absolute atomic E-state index is 13.3. The first-order chi connectivity index (χ1) is 13.3. The zero-order valence-electron chi connectivity index (χ0n) is 16.9. The molecular weight excluding hydrogens is 354 g/mol. The zero-order valence-corrected chi connectivity index (χ0v) is 16.9. The standard InChI is InChI=1S/C21H25N5O2/c1-13(2)10-24-15(4)11-25-17-18(22-20(24)25)23(5)21(28)26(19(17)27)12-16-8-6-7-14(3)9-16/h6-9,11,13H,10,12H2,1-5H3. The first kappa shape index (κ1) is 18.3. The highest BCUT2D eigenvalue weighted by Crippen LogP contribution is 2.17. The molecule has 0 aliphatic rings. The first-order valence-electron chi connectivity index (χ1n) is 9.51. The Morgan fingerprint density at radius 2 is 1.86 bits per heavy atom. The molecular formula is C21H25N5O2. The summed E-state index contributed by atoms with van der Waals surface area (Å²) in [7, 11) is 1.67. The van der Waals surface area contributed by atoms with Crippen molar-refractivity contribution in [1.29, 1.82) is 0 Å². The van der Waals surface area contributed by atoms with Gasteiger partial charge in [-0.2, -0.15) is 4.98 Å². The second kappa shape index (κ2) is 6.51. The van der Waals surface area contributed by atoms with Crippen molar-refractivity contribution in [2.45, 2.75) is 40.8 Å². The smallest absolute Gasteiger partial charge is 0.314 e. The summed E-state index contributed by atoms with van der Waals surface area (Å²) in [4.78, 5) is 30.8. The van der Waals surface area contributed by atoms with Crippen LogP contribution < -0.4 is 11.2 Å². The van der Waals surface area contributed by atoms with Gasteiger partial charge in [0.2, 0.25) is 5.78 Å². The Labute approximate surface area is 162 Å². The first-order valence-corrected chi connectivity index (χ1v) is 9.51. The predicted octanol–water partition coefficient (Wildman–Crippen LogP) is 2.47. The summed E-state index contributed by atoms with van der Waals surface area (Å²) >= 11 is 0. The van der Waals surface area contributed by atoms with Gasteiger partial charge in [-0.05, 0) is 25.3 Å². The Morgan fingerprint density at radius 1 is 1.11 bits per heavy atom. The monoisotopic (exact) mass is 379 g/mol. The van der Waals surface area contributed by atoms with Gasteiger partial charge < -0.3 is 4.57 Å². The fraction of sp³-hybridized carbons (Fsp3) is 0.381. The van der Waals surface area contributed by atoms with Crippen LogP contribution in [-0.4, -0.2) is 23.1 Å². The van der Waals surface area contributed by atoms with Gasteiger partial charge in [-0.1, -0.05) is 43.7 Å². The van der Waals surface area contributed by atoms with E-state index in [1.807, 2.05) is 48.7 Å². The molecule has 0 bridgehead atoms. The van der Waals surface area contributed by atoms with Crippen molar-refractivity contribution < 1.29 is 0 Å². The van der Waals surface area contributed by atoms with Crippen LogP contribution >= 0.6 is 0 Å². The van der Waals surface area contributed by atoms with E-state index in [0.29, 0.717) is 22.9 Å². The van der Waals surface area contributed by atoms with Crippen LogP contribution in [0, 0.1) is 19.8 Å². The number of aromatic nitrogens is 5. The van der Waals surface area contributed by atoms with Crippen LogP contribution in [0.5, 0.6) is 0 Å². The van der Waals surface area contributed by atoms with Crippen LogP contribution in [0.15, 0.2) is 40.1 Å². The van der Waals surface area contributed by atoms with Gasteiger partial charge in [0, 0.05) is 25.5 Å². The van der Waals surface area contributed by atoms with E-state index in [4.69, 9.17) is 0 Å². The highest BCUT2D eigenvalue weighted by Gasteiger charge is 2.20. The van der Waals surface area contributed by atoms with Crippen LogP contribution in [0.25, 0.3) is 16.9 Å². The molecule has 0 spiro atoms. The number of fused-ring (bicyclic) bond motifs is 3. The number of rotatable bonds is 4. The maximum Gasteiger partial charge on any atom is 0.332 e. The lowest BCUT2D eigenvalue weighted by atomic mass is 10.1. The lowest BCUT2D eigenvalue weighted by Crippen LogP contribution is -2.39. The third-order valence-electron chi connectivity index (χ3n) is 5.11. The van der Waals surface area contributed by atoms with Crippen LogP contribution in [-0.2, 0) is 20.1 Å². The molecule has 0 aliphatic heterocycles. The SMILES string of the molecule is Cc1cccc(Cn2c(=O)c3c(nc4n(CC(C)C)c(C)cn34)n(C)c2=O)c1. The molecule has 146 valence electrons. The molecule has 0 radical (unpaired) electrons. The highest BCUT2D eigenvalue weighted by molar-refractivity contribution is 5.75. The molecule has 0 unspecified atom stereocenters. The summed E-state index contributed by atoms with van der Waals surface area (Å²) in [6.45, 7) is 9.33. The van der Waals surface area contributed by atoms with Gasteiger partial charge in [-0.3, -0.25) is 18.3 Å². The summed E-state index contributed by atoms with van der Waals surface area (Å²) < 4.78 is 6.68. The second-order valence-electron chi connectivity index (χ2n) is 7.95. The number of hydrogen-bond donors (Lipinski definition) is 0. The lowest BCUT2D eigenvalue weighted by molar-refractivity contribution is 0.524. The lowest BCUT2D eigenvalue weighted by Gasteiger charge is -2.09. The molecule has 0 saturated carbocycles. The van der Waals surface area contributed by atoms with Crippen LogP contribution in [0.2, 0.25) is 0 Å². The fourth-order valence-corrected chi connectivity index (χ4v) is 3.78. The number of hydrogen-bond acceptors (Lipinski definition) is 3. The normalized spacial score (nSPS) is 11.9.